The summed E-state index contributed by atoms with van der Waals surface area (Å²) in [5.74, 6) is -0.897. The summed E-state index contributed by atoms with van der Waals surface area (Å²) in [5.41, 5.74) is 4.38. The molecule has 8 heteroatoms. The highest BCUT2D eigenvalue weighted by molar-refractivity contribution is 5.95. The molecular weight excluding hydrogens is 508 g/mol. The first-order valence-electron chi connectivity index (χ1n) is 13.5. The van der Waals surface area contributed by atoms with Crippen molar-refractivity contribution < 1.29 is 28.9 Å². The zero-order valence-corrected chi connectivity index (χ0v) is 23.4. The third-order valence-corrected chi connectivity index (χ3v) is 7.05. The number of ether oxygens (including phenoxy) is 3. The topological polar surface area (TPSA) is 97.3 Å². The predicted molar refractivity (Wildman–Crippen MR) is 152 cm³/mol. The van der Waals surface area contributed by atoms with Gasteiger partial charge in [-0.15, -0.1) is 0 Å². The van der Waals surface area contributed by atoms with Gasteiger partial charge in [0.05, 0.1) is 18.8 Å². The van der Waals surface area contributed by atoms with E-state index >= 15 is 0 Å². The van der Waals surface area contributed by atoms with E-state index < -0.39 is 24.3 Å². The molecule has 1 fully saturated rings. The summed E-state index contributed by atoms with van der Waals surface area (Å²) >= 11 is 0. The van der Waals surface area contributed by atoms with Crippen LogP contribution in [0.15, 0.2) is 78.9 Å². The van der Waals surface area contributed by atoms with Crippen LogP contribution in [0.5, 0.6) is 0 Å². The van der Waals surface area contributed by atoms with Crippen molar-refractivity contribution in [2.45, 2.75) is 58.5 Å². The fourth-order valence-electron chi connectivity index (χ4n) is 4.90. The lowest BCUT2D eigenvalue weighted by atomic mass is 9.90. The van der Waals surface area contributed by atoms with Gasteiger partial charge in [-0.2, -0.15) is 0 Å². The molecule has 1 saturated heterocycles. The van der Waals surface area contributed by atoms with E-state index in [1.807, 2.05) is 60.7 Å². The van der Waals surface area contributed by atoms with Crippen LogP contribution < -0.4 is 5.32 Å². The molecule has 5 atom stereocenters. The first-order valence-corrected chi connectivity index (χ1v) is 13.5. The van der Waals surface area contributed by atoms with Crippen molar-refractivity contribution in [3.63, 3.8) is 0 Å². The highest BCUT2D eigenvalue weighted by Gasteiger charge is 2.39. The number of rotatable bonds is 10. The molecular formula is C32H38N2O6. The Balaban J connectivity index is 1.56. The van der Waals surface area contributed by atoms with E-state index in [1.165, 1.54) is 19.4 Å². The van der Waals surface area contributed by atoms with Crippen LogP contribution >= 0.6 is 0 Å². The Labute approximate surface area is 235 Å². The number of nitrogens with one attached hydrogen (secondary N) is 1. The highest BCUT2D eigenvalue weighted by Crippen LogP contribution is 2.42. The molecule has 0 aliphatic carbocycles. The van der Waals surface area contributed by atoms with Gasteiger partial charge in [-0.1, -0.05) is 73.7 Å². The molecule has 8 nitrogen and oxygen atoms in total. The Kier molecular flexibility index (Phi) is 10.1. The van der Waals surface area contributed by atoms with Gasteiger partial charge in [0.1, 0.15) is 0 Å². The van der Waals surface area contributed by atoms with Crippen LogP contribution in [0.3, 0.4) is 0 Å². The third kappa shape index (κ3) is 7.76. The number of anilines is 1. The lowest BCUT2D eigenvalue weighted by Gasteiger charge is -2.42. The number of likely N-dealkylation sites (N-methyl/N-ethyl adjacent to an activating group) is 1. The molecule has 0 spiro atoms. The molecule has 0 unspecified atom stereocenters. The predicted octanol–water partition coefficient (Wildman–Crippen LogP) is 4.99. The number of benzene rings is 3. The fourth-order valence-corrected chi connectivity index (χ4v) is 4.90. The van der Waals surface area contributed by atoms with Gasteiger partial charge < -0.3 is 24.6 Å². The molecule has 3 aromatic carbocycles. The second-order valence-corrected chi connectivity index (χ2v) is 10.4. The Hall–Kier alpha value is -3.56. The Morgan fingerprint density at radius 2 is 1.70 bits per heavy atom. The number of aliphatic hydroxyl groups is 1. The van der Waals surface area contributed by atoms with E-state index in [1.54, 1.807) is 6.07 Å². The minimum Gasteiger partial charge on any atom is -0.453 e. The Morgan fingerprint density at radius 1 is 0.975 bits per heavy atom. The monoisotopic (exact) mass is 546 g/mol. The van der Waals surface area contributed by atoms with Crippen molar-refractivity contribution in [1.29, 1.82) is 0 Å². The van der Waals surface area contributed by atoms with Crippen LogP contribution in [0, 0.1) is 5.92 Å². The van der Waals surface area contributed by atoms with Gasteiger partial charge in [-0.05, 0) is 42.8 Å². The summed E-state index contributed by atoms with van der Waals surface area (Å²) in [6.45, 7) is 6.39. The summed E-state index contributed by atoms with van der Waals surface area (Å²) < 4.78 is 18.1. The Morgan fingerprint density at radius 3 is 2.38 bits per heavy atom. The zero-order chi connectivity index (χ0) is 28.6. The van der Waals surface area contributed by atoms with Crippen LogP contribution in [0.4, 0.5) is 5.69 Å². The number of amides is 1. The molecule has 1 aliphatic rings. The van der Waals surface area contributed by atoms with E-state index in [-0.39, 0.29) is 24.7 Å². The second kappa shape index (κ2) is 13.7. The summed E-state index contributed by atoms with van der Waals surface area (Å²) in [7, 11) is 2.08. The quantitative estimate of drug-likeness (QED) is 0.346. The molecule has 3 aromatic rings. The van der Waals surface area contributed by atoms with Gasteiger partial charge in [-0.25, -0.2) is 0 Å². The Bertz CT molecular complexity index is 1270. The molecule has 0 saturated carbocycles. The first-order chi connectivity index (χ1) is 19.2. The molecule has 0 bridgehead atoms. The van der Waals surface area contributed by atoms with Crippen LogP contribution in [-0.2, 0) is 37.0 Å². The highest BCUT2D eigenvalue weighted by atomic mass is 16.7. The van der Waals surface area contributed by atoms with E-state index in [0.29, 0.717) is 12.2 Å². The van der Waals surface area contributed by atoms with Crippen molar-refractivity contribution in [2.75, 3.05) is 18.9 Å². The van der Waals surface area contributed by atoms with Gasteiger partial charge in [0.2, 0.25) is 0 Å². The van der Waals surface area contributed by atoms with Gasteiger partial charge >= 0.3 is 5.97 Å². The minimum atomic E-state index is -0.917. The summed E-state index contributed by atoms with van der Waals surface area (Å²) in [6.07, 6.45) is -1.97. The second-order valence-electron chi connectivity index (χ2n) is 10.4. The van der Waals surface area contributed by atoms with Crippen LogP contribution in [0.25, 0.3) is 0 Å². The molecule has 0 aromatic heterocycles. The fraction of sp³-hybridized carbons (Fsp3) is 0.375. The van der Waals surface area contributed by atoms with Crippen molar-refractivity contribution in [3.05, 3.63) is 101 Å². The van der Waals surface area contributed by atoms with Crippen molar-refractivity contribution in [3.8, 4) is 0 Å². The number of hydrogen-bond acceptors (Lipinski definition) is 7. The van der Waals surface area contributed by atoms with Gasteiger partial charge in [0.15, 0.2) is 12.4 Å². The number of carbonyl (C=O) groups excluding carboxylic acids is 2. The first kappa shape index (κ1) is 29.4. The maximum absolute atomic E-state index is 12.5. The average Bonchev–Trinajstić information content (AvgIpc) is 2.94. The standard InChI is InChI=1S/C32H38N2O6/c1-21-29(19-34(4)18-24-9-6-5-7-10-24)39-32(40-30(21)26-15-13-25(20-35)14-16-26)27-11-8-12-28(17-27)33-31(37)22(2)38-23(3)36/h5-17,21-22,29-30,32,35H,18-20H2,1-4H3,(H,33,37)/t21-,22+,29+,30+,32+/m1/s1. The largest absolute Gasteiger partial charge is 0.453 e. The number of esters is 1. The van der Waals surface area contributed by atoms with E-state index in [9.17, 15) is 14.7 Å². The van der Waals surface area contributed by atoms with Gasteiger partial charge in [0.25, 0.3) is 5.91 Å². The SMILES string of the molecule is CC(=O)O[C@@H](C)C(=O)Nc1cccc([C@H]2O[C@@H](CN(C)Cc3ccccc3)[C@@H](C)[C@@H](c3ccc(CO)cc3)O2)c1. The molecule has 0 radical (unpaired) electrons. The normalized spacial score (nSPS) is 21.6. The number of nitrogens with zero attached hydrogens (tertiary/aromatic N) is 1. The van der Waals surface area contributed by atoms with Crippen molar-refractivity contribution in [2.24, 2.45) is 5.92 Å². The van der Waals surface area contributed by atoms with Crippen LogP contribution in [0.2, 0.25) is 0 Å². The summed E-state index contributed by atoms with van der Waals surface area (Å²) in [5, 5.41) is 12.3. The number of aliphatic hydroxyl groups excluding tert-OH is 1. The summed E-state index contributed by atoms with van der Waals surface area (Å²) in [6, 6.07) is 25.4. The molecule has 40 heavy (non-hydrogen) atoms. The molecule has 1 aliphatic heterocycles. The maximum atomic E-state index is 12.5. The minimum absolute atomic E-state index is 0.0193. The lowest BCUT2D eigenvalue weighted by molar-refractivity contribution is -0.276. The van der Waals surface area contributed by atoms with Crippen LogP contribution in [0.1, 0.15) is 55.4 Å². The van der Waals surface area contributed by atoms with Gasteiger partial charge in [-0.3, -0.25) is 14.5 Å². The number of hydrogen-bond donors (Lipinski definition) is 2. The van der Waals surface area contributed by atoms with Crippen molar-refractivity contribution in [1.82, 2.24) is 4.90 Å². The lowest BCUT2D eigenvalue weighted by Crippen LogP contribution is -2.43. The third-order valence-electron chi connectivity index (χ3n) is 7.05. The molecule has 4 rings (SSSR count). The molecule has 2 N–H and O–H groups in total. The van der Waals surface area contributed by atoms with E-state index in [2.05, 4.69) is 36.3 Å². The van der Waals surface area contributed by atoms with E-state index in [0.717, 1.165) is 23.2 Å². The molecule has 212 valence electrons. The van der Waals surface area contributed by atoms with Crippen molar-refractivity contribution >= 4 is 17.6 Å². The average molecular weight is 547 g/mol. The molecule has 1 amide bonds. The van der Waals surface area contributed by atoms with Crippen LogP contribution in [-0.4, -0.2) is 47.7 Å². The zero-order valence-electron chi connectivity index (χ0n) is 23.4. The summed E-state index contributed by atoms with van der Waals surface area (Å²) in [4.78, 5) is 26.0. The number of carbonyl (C=O) groups is 2. The molecule has 1 heterocycles. The smallest absolute Gasteiger partial charge is 0.303 e. The van der Waals surface area contributed by atoms with Gasteiger partial charge in [0, 0.05) is 37.2 Å². The maximum Gasteiger partial charge on any atom is 0.303 e. The van der Waals surface area contributed by atoms with E-state index in [4.69, 9.17) is 14.2 Å².